The van der Waals surface area contributed by atoms with Crippen LogP contribution in [0.3, 0.4) is 0 Å². The number of benzene rings is 1. The van der Waals surface area contributed by atoms with Crippen molar-refractivity contribution in [1.82, 2.24) is 15.1 Å². The van der Waals surface area contributed by atoms with Gasteiger partial charge in [0.25, 0.3) is 0 Å². The highest BCUT2D eigenvalue weighted by molar-refractivity contribution is 5.25. The van der Waals surface area contributed by atoms with E-state index in [0.717, 1.165) is 24.3 Å². The summed E-state index contributed by atoms with van der Waals surface area (Å²) >= 11 is 0. The van der Waals surface area contributed by atoms with Crippen LogP contribution in [0.4, 0.5) is 4.39 Å². The first-order valence-electron chi connectivity index (χ1n) is 6.44. The van der Waals surface area contributed by atoms with Crippen LogP contribution < -0.4 is 5.32 Å². The van der Waals surface area contributed by atoms with Gasteiger partial charge in [0.2, 0.25) is 0 Å². The predicted octanol–water partition coefficient (Wildman–Crippen LogP) is 2.77. The smallest absolute Gasteiger partial charge is 0.126 e. The minimum Gasteiger partial charge on any atom is -0.308 e. The van der Waals surface area contributed by atoms with Gasteiger partial charge in [-0.1, -0.05) is 12.1 Å². The van der Waals surface area contributed by atoms with Gasteiger partial charge < -0.3 is 5.32 Å². The molecule has 0 radical (unpaired) electrons. The van der Waals surface area contributed by atoms with Crippen LogP contribution in [0.2, 0.25) is 0 Å². The second kappa shape index (κ2) is 5.53. The highest BCUT2D eigenvalue weighted by Gasteiger charge is 2.08. The molecule has 0 atom stereocenters. The maximum atomic E-state index is 13.2. The van der Waals surface area contributed by atoms with Crippen molar-refractivity contribution >= 4 is 0 Å². The number of aryl methyl sites for hydroxylation is 3. The Labute approximate surface area is 113 Å². The van der Waals surface area contributed by atoms with Crippen LogP contribution in [0, 0.1) is 26.6 Å². The van der Waals surface area contributed by atoms with Crippen LogP contribution in [0.5, 0.6) is 0 Å². The molecule has 0 bridgehead atoms. The van der Waals surface area contributed by atoms with E-state index in [1.54, 1.807) is 6.92 Å². The molecular formula is C15H20FN3. The van der Waals surface area contributed by atoms with Crippen LogP contribution in [-0.4, -0.2) is 9.78 Å². The van der Waals surface area contributed by atoms with E-state index < -0.39 is 0 Å². The van der Waals surface area contributed by atoms with E-state index in [-0.39, 0.29) is 5.82 Å². The Hall–Kier alpha value is -1.68. The molecule has 0 amide bonds. The fourth-order valence-electron chi connectivity index (χ4n) is 2.22. The lowest BCUT2D eigenvalue weighted by atomic mass is 10.1. The van der Waals surface area contributed by atoms with Gasteiger partial charge in [0.15, 0.2) is 0 Å². The number of aromatic nitrogens is 2. The monoisotopic (exact) mass is 261 g/mol. The zero-order chi connectivity index (χ0) is 14.0. The summed E-state index contributed by atoms with van der Waals surface area (Å²) in [6.07, 6.45) is 0. The second-order valence-corrected chi connectivity index (χ2v) is 4.96. The van der Waals surface area contributed by atoms with E-state index in [4.69, 9.17) is 0 Å². The molecule has 0 aliphatic rings. The molecule has 0 aliphatic heterocycles. The molecule has 19 heavy (non-hydrogen) atoms. The maximum Gasteiger partial charge on any atom is 0.126 e. The Morgan fingerprint density at radius 1 is 1.21 bits per heavy atom. The van der Waals surface area contributed by atoms with E-state index in [1.807, 2.05) is 30.8 Å². The van der Waals surface area contributed by atoms with Crippen LogP contribution in [0.1, 0.15) is 28.1 Å². The Balaban J connectivity index is 1.98. The van der Waals surface area contributed by atoms with Crippen molar-refractivity contribution in [2.75, 3.05) is 0 Å². The summed E-state index contributed by atoms with van der Waals surface area (Å²) in [5.74, 6) is -0.150. The lowest BCUT2D eigenvalue weighted by molar-refractivity contribution is 0.615. The predicted molar refractivity (Wildman–Crippen MR) is 74.4 cm³/mol. The van der Waals surface area contributed by atoms with Crippen molar-refractivity contribution in [3.8, 4) is 0 Å². The normalized spacial score (nSPS) is 11.0. The Kier molecular flexibility index (Phi) is 4.00. The fraction of sp³-hybridized carbons (Fsp3) is 0.400. The summed E-state index contributed by atoms with van der Waals surface area (Å²) in [6, 6.07) is 5.22. The molecule has 0 spiro atoms. The highest BCUT2D eigenvalue weighted by Crippen LogP contribution is 2.12. The first kappa shape index (κ1) is 13.7. The first-order chi connectivity index (χ1) is 8.99. The minimum absolute atomic E-state index is 0.150. The molecule has 0 unspecified atom stereocenters. The van der Waals surface area contributed by atoms with Gasteiger partial charge in [-0.25, -0.2) is 4.39 Å². The van der Waals surface area contributed by atoms with E-state index in [2.05, 4.69) is 17.3 Å². The van der Waals surface area contributed by atoms with Gasteiger partial charge in [-0.2, -0.15) is 5.10 Å². The third-order valence-electron chi connectivity index (χ3n) is 3.51. The molecule has 3 nitrogen and oxygen atoms in total. The quantitative estimate of drug-likeness (QED) is 0.917. The summed E-state index contributed by atoms with van der Waals surface area (Å²) < 4.78 is 15.1. The lowest BCUT2D eigenvalue weighted by Crippen LogP contribution is -2.14. The topological polar surface area (TPSA) is 29.9 Å². The van der Waals surface area contributed by atoms with Crippen molar-refractivity contribution in [3.63, 3.8) is 0 Å². The summed E-state index contributed by atoms with van der Waals surface area (Å²) in [4.78, 5) is 0. The molecule has 2 aromatic rings. The molecule has 0 saturated heterocycles. The first-order valence-corrected chi connectivity index (χ1v) is 6.44. The zero-order valence-electron chi connectivity index (χ0n) is 11.9. The van der Waals surface area contributed by atoms with Gasteiger partial charge >= 0.3 is 0 Å². The molecular weight excluding hydrogens is 241 g/mol. The Morgan fingerprint density at radius 2 is 1.95 bits per heavy atom. The van der Waals surface area contributed by atoms with E-state index in [1.165, 1.54) is 17.3 Å². The molecule has 1 heterocycles. The number of rotatable bonds is 4. The number of halogens is 1. The standard InChI is InChI=1S/C15H20FN3/c1-10-7-13(5-6-15(10)16)8-17-9-14-11(2)18-19(4)12(14)3/h5-7,17H,8-9H2,1-4H3. The molecule has 4 heteroatoms. The number of nitrogens with one attached hydrogen (secondary N) is 1. The second-order valence-electron chi connectivity index (χ2n) is 4.96. The number of hydrogen-bond acceptors (Lipinski definition) is 2. The van der Waals surface area contributed by atoms with Crippen LogP contribution in [-0.2, 0) is 20.1 Å². The molecule has 1 aromatic heterocycles. The van der Waals surface area contributed by atoms with Crippen molar-refractivity contribution in [3.05, 3.63) is 52.1 Å². The number of nitrogens with zero attached hydrogens (tertiary/aromatic N) is 2. The summed E-state index contributed by atoms with van der Waals surface area (Å²) in [7, 11) is 1.95. The van der Waals surface area contributed by atoms with Gasteiger partial charge in [-0.05, 0) is 38.0 Å². The van der Waals surface area contributed by atoms with Crippen LogP contribution >= 0.6 is 0 Å². The summed E-state index contributed by atoms with van der Waals surface area (Å²) in [6.45, 7) is 7.39. The van der Waals surface area contributed by atoms with Crippen LogP contribution in [0.15, 0.2) is 18.2 Å². The maximum absolute atomic E-state index is 13.2. The molecule has 0 saturated carbocycles. The lowest BCUT2D eigenvalue weighted by Gasteiger charge is -2.07. The van der Waals surface area contributed by atoms with Crippen molar-refractivity contribution < 1.29 is 4.39 Å². The highest BCUT2D eigenvalue weighted by atomic mass is 19.1. The van der Waals surface area contributed by atoms with E-state index >= 15 is 0 Å². The van der Waals surface area contributed by atoms with Gasteiger partial charge in [0.05, 0.1) is 5.69 Å². The molecule has 0 aliphatic carbocycles. The SMILES string of the molecule is Cc1cc(CNCc2c(C)nn(C)c2C)ccc1F. The van der Waals surface area contributed by atoms with Crippen LogP contribution in [0.25, 0.3) is 0 Å². The van der Waals surface area contributed by atoms with Crippen molar-refractivity contribution in [1.29, 1.82) is 0 Å². The molecule has 1 aromatic carbocycles. The Bertz CT molecular complexity index is 587. The third-order valence-corrected chi connectivity index (χ3v) is 3.51. The van der Waals surface area contributed by atoms with Crippen molar-refractivity contribution in [2.24, 2.45) is 7.05 Å². The van der Waals surface area contributed by atoms with Gasteiger partial charge in [-0.15, -0.1) is 0 Å². The molecule has 102 valence electrons. The molecule has 1 N–H and O–H groups in total. The van der Waals surface area contributed by atoms with E-state index in [0.29, 0.717) is 5.56 Å². The summed E-state index contributed by atoms with van der Waals surface area (Å²) in [5.41, 5.74) is 5.26. The third kappa shape index (κ3) is 3.01. The van der Waals surface area contributed by atoms with Gasteiger partial charge in [-0.3, -0.25) is 4.68 Å². The van der Waals surface area contributed by atoms with Gasteiger partial charge in [0.1, 0.15) is 5.82 Å². The fourth-order valence-corrected chi connectivity index (χ4v) is 2.22. The average Bonchev–Trinajstić information content (AvgIpc) is 2.60. The van der Waals surface area contributed by atoms with Gasteiger partial charge in [0, 0.05) is 31.4 Å². The largest absolute Gasteiger partial charge is 0.308 e. The molecule has 0 fully saturated rings. The Morgan fingerprint density at radius 3 is 2.53 bits per heavy atom. The average molecular weight is 261 g/mol. The summed E-state index contributed by atoms with van der Waals surface area (Å²) in [5, 5.41) is 7.77. The molecule has 2 rings (SSSR count). The van der Waals surface area contributed by atoms with E-state index in [9.17, 15) is 4.39 Å². The minimum atomic E-state index is -0.150. The van der Waals surface area contributed by atoms with Crippen molar-refractivity contribution in [2.45, 2.75) is 33.9 Å². The number of hydrogen-bond donors (Lipinski definition) is 1. The zero-order valence-corrected chi connectivity index (χ0v) is 11.9.